The van der Waals surface area contributed by atoms with Crippen molar-refractivity contribution in [2.75, 3.05) is 19.6 Å². The van der Waals surface area contributed by atoms with Gasteiger partial charge in [0.05, 0.1) is 35.8 Å². The summed E-state index contributed by atoms with van der Waals surface area (Å²) in [5.41, 5.74) is 7.79. The molecule has 4 rings (SSSR count). The molecule has 3 fully saturated rings. The van der Waals surface area contributed by atoms with Crippen molar-refractivity contribution in [3.05, 3.63) is 35.4 Å². The van der Waals surface area contributed by atoms with E-state index in [0.29, 0.717) is 31.6 Å². The minimum atomic E-state index is -0.726. The summed E-state index contributed by atoms with van der Waals surface area (Å²) in [5, 5.41) is 18.2. The molecule has 8 nitrogen and oxygen atoms in total. The lowest BCUT2D eigenvalue weighted by molar-refractivity contribution is -0.140. The number of carbonyl (C=O) groups is 2. The van der Waals surface area contributed by atoms with Crippen molar-refractivity contribution in [1.29, 1.82) is 10.5 Å². The van der Waals surface area contributed by atoms with Crippen molar-refractivity contribution in [1.82, 2.24) is 14.7 Å². The van der Waals surface area contributed by atoms with Crippen LogP contribution in [0.4, 0.5) is 0 Å². The van der Waals surface area contributed by atoms with Crippen molar-refractivity contribution in [3.63, 3.8) is 0 Å². The number of benzene rings is 1. The summed E-state index contributed by atoms with van der Waals surface area (Å²) in [6.07, 6.45) is 2.26. The van der Waals surface area contributed by atoms with E-state index in [1.165, 1.54) is 0 Å². The highest BCUT2D eigenvalue weighted by Gasteiger charge is 2.51. The van der Waals surface area contributed by atoms with E-state index in [2.05, 4.69) is 12.1 Å². The monoisotopic (exact) mass is 406 g/mol. The van der Waals surface area contributed by atoms with Crippen molar-refractivity contribution in [2.24, 2.45) is 5.73 Å². The molecule has 2 amide bonds. The van der Waals surface area contributed by atoms with Crippen LogP contribution in [0.2, 0.25) is 0 Å². The number of nitrogens with two attached hydrogens (primary N) is 1. The number of nitriles is 2. The molecule has 0 spiro atoms. The maximum absolute atomic E-state index is 13.1. The normalized spacial score (nSPS) is 27.7. The Bertz CT molecular complexity index is 917. The highest BCUT2D eigenvalue weighted by molar-refractivity contribution is 5.87. The molecule has 0 radical (unpaired) electrons. The average Bonchev–Trinajstić information content (AvgIpc) is 3.47. The highest BCUT2D eigenvalue weighted by Crippen LogP contribution is 2.38. The summed E-state index contributed by atoms with van der Waals surface area (Å²) in [7, 11) is 0. The number of hydrogen-bond acceptors (Lipinski definition) is 6. The van der Waals surface area contributed by atoms with Crippen LogP contribution in [0.15, 0.2) is 24.3 Å². The predicted octanol–water partition coefficient (Wildman–Crippen LogP) is 0.746. The Morgan fingerprint density at radius 2 is 2.03 bits per heavy atom. The predicted molar refractivity (Wildman–Crippen MR) is 109 cm³/mol. The van der Waals surface area contributed by atoms with E-state index in [1.807, 2.05) is 28.9 Å². The van der Waals surface area contributed by atoms with Crippen LogP contribution in [0.25, 0.3) is 0 Å². The zero-order valence-electron chi connectivity index (χ0n) is 17.1. The summed E-state index contributed by atoms with van der Waals surface area (Å²) in [5.74, 6) is -0.129. The van der Waals surface area contributed by atoms with Gasteiger partial charge in [-0.2, -0.15) is 10.5 Å². The molecule has 30 heavy (non-hydrogen) atoms. The van der Waals surface area contributed by atoms with Gasteiger partial charge in [0.2, 0.25) is 11.8 Å². The molecule has 0 aliphatic carbocycles. The molecule has 1 aromatic carbocycles. The highest BCUT2D eigenvalue weighted by atomic mass is 16.2. The van der Waals surface area contributed by atoms with Crippen LogP contribution < -0.4 is 5.73 Å². The summed E-state index contributed by atoms with van der Waals surface area (Å²) >= 11 is 0. The van der Waals surface area contributed by atoms with Gasteiger partial charge in [0.15, 0.2) is 0 Å². The third-order valence-electron chi connectivity index (χ3n) is 6.69. The Balaban J connectivity index is 1.39. The van der Waals surface area contributed by atoms with Gasteiger partial charge in [-0.15, -0.1) is 0 Å². The summed E-state index contributed by atoms with van der Waals surface area (Å²) in [6, 6.07) is 10.3. The Kier molecular flexibility index (Phi) is 5.46. The number of piperazine rings is 1. The summed E-state index contributed by atoms with van der Waals surface area (Å²) in [4.78, 5) is 31.3. The lowest BCUT2D eigenvalue weighted by Crippen LogP contribution is -2.56. The lowest BCUT2D eigenvalue weighted by Gasteiger charge is -2.38. The Hall–Kier alpha value is -2.94. The molecule has 3 unspecified atom stereocenters. The Morgan fingerprint density at radius 3 is 2.67 bits per heavy atom. The smallest absolute Gasteiger partial charge is 0.241 e. The van der Waals surface area contributed by atoms with Gasteiger partial charge in [0.25, 0.3) is 0 Å². The molecule has 0 saturated carbocycles. The van der Waals surface area contributed by atoms with Gasteiger partial charge in [-0.25, -0.2) is 0 Å². The van der Waals surface area contributed by atoms with E-state index in [-0.39, 0.29) is 36.0 Å². The third-order valence-corrected chi connectivity index (χ3v) is 6.69. The SMILES string of the molecule is CC(c1ccc(C#N)cc1)N1C(=O)[C@@H]2C[C@H]1CN2CC(N)C(=O)N1CCCC1C#N. The van der Waals surface area contributed by atoms with Crippen molar-refractivity contribution >= 4 is 11.8 Å². The first-order chi connectivity index (χ1) is 14.4. The van der Waals surface area contributed by atoms with Gasteiger partial charge in [-0.3, -0.25) is 14.5 Å². The van der Waals surface area contributed by atoms with Gasteiger partial charge in [-0.1, -0.05) is 12.1 Å². The number of nitrogens with zero attached hydrogens (tertiary/aromatic N) is 5. The van der Waals surface area contributed by atoms with Crippen LogP contribution in [-0.4, -0.2) is 70.3 Å². The minimum absolute atomic E-state index is 0.0684. The van der Waals surface area contributed by atoms with Crippen LogP contribution in [0.5, 0.6) is 0 Å². The van der Waals surface area contributed by atoms with Gasteiger partial charge in [0, 0.05) is 25.7 Å². The lowest BCUT2D eigenvalue weighted by atomic mass is 10.0. The van der Waals surface area contributed by atoms with Crippen molar-refractivity contribution < 1.29 is 9.59 Å². The van der Waals surface area contributed by atoms with Gasteiger partial charge in [0.1, 0.15) is 6.04 Å². The molecule has 8 heteroatoms. The molecule has 3 saturated heterocycles. The van der Waals surface area contributed by atoms with Crippen LogP contribution in [0.1, 0.15) is 43.4 Å². The second-order valence-corrected chi connectivity index (χ2v) is 8.44. The number of fused-ring (bicyclic) bond motifs is 2. The number of likely N-dealkylation sites (tertiary alicyclic amines) is 3. The molecule has 0 aromatic heterocycles. The molecule has 2 bridgehead atoms. The molecule has 3 aliphatic heterocycles. The number of carbonyl (C=O) groups excluding carboxylic acids is 2. The molecule has 1 aromatic rings. The summed E-state index contributed by atoms with van der Waals surface area (Å²) in [6.45, 7) is 3.61. The largest absolute Gasteiger partial charge is 0.330 e. The standard InChI is InChI=1S/C22H26N6O2/c1-14(16-6-4-15(10-23)5-7-16)28-18-9-20(22(28)30)26(12-18)13-19(25)21(29)27-8-2-3-17(27)11-24/h4-7,14,17-20H,2-3,8-9,12-13,25H2,1H3/t14?,17?,18-,19?,20-/m0/s1. The van der Waals surface area contributed by atoms with Gasteiger partial charge < -0.3 is 15.5 Å². The van der Waals surface area contributed by atoms with E-state index in [9.17, 15) is 14.9 Å². The average molecular weight is 406 g/mol. The molecule has 2 N–H and O–H groups in total. The van der Waals surface area contributed by atoms with Crippen LogP contribution in [-0.2, 0) is 9.59 Å². The molecule has 3 heterocycles. The maximum atomic E-state index is 13.1. The molecule has 156 valence electrons. The quantitative estimate of drug-likeness (QED) is 0.771. The second-order valence-electron chi connectivity index (χ2n) is 8.44. The Morgan fingerprint density at radius 1 is 1.30 bits per heavy atom. The van der Waals surface area contributed by atoms with Crippen LogP contribution >= 0.6 is 0 Å². The van der Waals surface area contributed by atoms with E-state index in [4.69, 9.17) is 11.0 Å². The Labute approximate surface area is 176 Å². The number of amides is 2. The molecular weight excluding hydrogens is 380 g/mol. The zero-order valence-corrected chi connectivity index (χ0v) is 17.1. The molecule has 5 atom stereocenters. The first kappa shape index (κ1) is 20.3. The summed E-state index contributed by atoms with van der Waals surface area (Å²) < 4.78 is 0. The zero-order chi connectivity index (χ0) is 21.4. The van der Waals surface area contributed by atoms with Crippen LogP contribution in [0, 0.1) is 22.7 Å². The first-order valence-corrected chi connectivity index (χ1v) is 10.5. The van der Waals surface area contributed by atoms with Crippen LogP contribution in [0.3, 0.4) is 0 Å². The fourth-order valence-corrected chi connectivity index (χ4v) is 5.10. The number of hydrogen-bond donors (Lipinski definition) is 1. The fraction of sp³-hybridized carbons (Fsp3) is 0.545. The van der Waals surface area contributed by atoms with Gasteiger partial charge >= 0.3 is 0 Å². The van der Waals surface area contributed by atoms with Gasteiger partial charge in [-0.05, 0) is 43.9 Å². The van der Waals surface area contributed by atoms with E-state index < -0.39 is 6.04 Å². The third kappa shape index (κ3) is 3.43. The second kappa shape index (κ2) is 8.06. The van der Waals surface area contributed by atoms with E-state index >= 15 is 0 Å². The van der Waals surface area contributed by atoms with E-state index in [0.717, 1.165) is 18.4 Å². The van der Waals surface area contributed by atoms with E-state index in [1.54, 1.807) is 17.0 Å². The van der Waals surface area contributed by atoms with Crippen molar-refractivity contribution in [2.45, 2.75) is 56.4 Å². The number of rotatable bonds is 5. The minimum Gasteiger partial charge on any atom is -0.330 e. The molecular formula is C22H26N6O2. The maximum Gasteiger partial charge on any atom is 0.241 e. The topological polar surface area (TPSA) is 117 Å². The van der Waals surface area contributed by atoms with Crippen molar-refractivity contribution in [3.8, 4) is 12.1 Å². The first-order valence-electron chi connectivity index (χ1n) is 10.5. The molecule has 3 aliphatic rings. The fourth-order valence-electron chi connectivity index (χ4n) is 5.10.